The highest BCUT2D eigenvalue weighted by Gasteiger charge is 2.30. The Balaban J connectivity index is 1.82. The lowest BCUT2D eigenvalue weighted by Gasteiger charge is -2.19. The molecule has 1 atom stereocenters. The van der Waals surface area contributed by atoms with Crippen molar-refractivity contribution in [1.82, 2.24) is 10.6 Å². The van der Waals surface area contributed by atoms with Gasteiger partial charge in [-0.1, -0.05) is 0 Å². The smallest absolute Gasteiger partial charge is 0.325 e. The molecule has 8 heteroatoms. The van der Waals surface area contributed by atoms with Crippen LogP contribution in [0.15, 0.2) is 28.9 Å². The Hall–Kier alpha value is -3.16. The zero-order chi connectivity index (χ0) is 18.7. The van der Waals surface area contributed by atoms with Gasteiger partial charge in [0, 0.05) is 22.9 Å². The van der Waals surface area contributed by atoms with Crippen LogP contribution in [0, 0.1) is 0 Å². The summed E-state index contributed by atoms with van der Waals surface area (Å²) in [6.07, 6.45) is 2.12. The normalized spacial score (nSPS) is 17.0. The van der Waals surface area contributed by atoms with Crippen molar-refractivity contribution in [3.8, 4) is 0 Å². The Morgan fingerprint density at radius 3 is 2.88 bits per heavy atom. The molecule has 2 aromatic rings. The highest BCUT2D eigenvalue weighted by molar-refractivity contribution is 6.04. The molecule has 0 bridgehead atoms. The number of benzene rings is 1. The lowest BCUT2D eigenvalue weighted by Crippen LogP contribution is -2.39. The molecule has 1 fully saturated rings. The second-order valence-corrected chi connectivity index (χ2v) is 5.89. The molecule has 1 unspecified atom stereocenters. The molecule has 3 amide bonds. The number of esters is 1. The average molecular weight is 358 g/mol. The summed E-state index contributed by atoms with van der Waals surface area (Å²) in [5.74, 6) is -2.13. The highest BCUT2D eigenvalue weighted by atomic mass is 16.5. The number of amides is 3. The molecule has 0 radical (unpaired) electrons. The number of carbonyl (C=O) groups is 4. The van der Waals surface area contributed by atoms with Gasteiger partial charge in [-0.05, 0) is 31.5 Å². The van der Waals surface area contributed by atoms with E-state index in [0.717, 1.165) is 0 Å². The number of carbonyl (C=O) groups excluding carboxylic acids is 4. The molecule has 0 aliphatic carbocycles. The fourth-order valence-electron chi connectivity index (χ4n) is 2.92. The zero-order valence-electron chi connectivity index (χ0n) is 14.2. The number of furan rings is 1. The average Bonchev–Trinajstić information content (AvgIpc) is 3.03. The quantitative estimate of drug-likeness (QED) is 0.614. The number of piperidine rings is 1. The van der Waals surface area contributed by atoms with Crippen LogP contribution in [-0.2, 0) is 19.1 Å². The second-order valence-electron chi connectivity index (χ2n) is 5.89. The molecule has 1 aromatic carbocycles. The Labute approximate surface area is 148 Å². The number of ether oxygens (including phenoxy) is 1. The lowest BCUT2D eigenvalue weighted by atomic mass is 9.90. The van der Waals surface area contributed by atoms with E-state index in [1.807, 2.05) is 0 Å². The summed E-state index contributed by atoms with van der Waals surface area (Å²) < 4.78 is 10.2. The van der Waals surface area contributed by atoms with Crippen LogP contribution in [0.3, 0.4) is 0 Å². The van der Waals surface area contributed by atoms with Crippen LogP contribution in [0.1, 0.15) is 41.6 Å². The van der Waals surface area contributed by atoms with Crippen LogP contribution in [0.4, 0.5) is 0 Å². The second kappa shape index (κ2) is 7.38. The molecule has 3 rings (SSSR count). The molecule has 0 saturated carbocycles. The van der Waals surface area contributed by atoms with E-state index < -0.39 is 17.8 Å². The summed E-state index contributed by atoms with van der Waals surface area (Å²) >= 11 is 0. The summed E-state index contributed by atoms with van der Waals surface area (Å²) in [5.41, 5.74) is 1.49. The maximum absolute atomic E-state index is 12.2. The monoisotopic (exact) mass is 358 g/mol. The topological polar surface area (TPSA) is 115 Å². The molecule has 0 spiro atoms. The lowest BCUT2D eigenvalue weighted by molar-refractivity contribution is -0.142. The maximum Gasteiger partial charge on any atom is 0.325 e. The zero-order valence-corrected chi connectivity index (χ0v) is 14.2. The van der Waals surface area contributed by atoms with Gasteiger partial charge >= 0.3 is 5.97 Å². The van der Waals surface area contributed by atoms with E-state index in [0.29, 0.717) is 28.5 Å². The minimum Gasteiger partial charge on any atom is -0.465 e. The van der Waals surface area contributed by atoms with Gasteiger partial charge in [0.05, 0.1) is 18.8 Å². The number of imide groups is 1. The van der Waals surface area contributed by atoms with E-state index in [1.165, 1.54) is 6.26 Å². The third-order valence-electron chi connectivity index (χ3n) is 4.18. The number of rotatable bonds is 5. The van der Waals surface area contributed by atoms with Gasteiger partial charge in [0.25, 0.3) is 5.91 Å². The minimum atomic E-state index is -0.519. The summed E-state index contributed by atoms with van der Waals surface area (Å²) in [6.45, 7) is 1.70. The van der Waals surface area contributed by atoms with Gasteiger partial charge in [0.15, 0.2) is 0 Å². The molecule has 2 N–H and O–H groups in total. The Morgan fingerprint density at radius 2 is 2.15 bits per heavy atom. The van der Waals surface area contributed by atoms with Crippen LogP contribution >= 0.6 is 0 Å². The van der Waals surface area contributed by atoms with Crippen LogP contribution < -0.4 is 10.6 Å². The fourth-order valence-corrected chi connectivity index (χ4v) is 2.92. The molecule has 136 valence electrons. The molecule has 26 heavy (non-hydrogen) atoms. The van der Waals surface area contributed by atoms with Crippen LogP contribution in [0.2, 0.25) is 0 Å². The highest BCUT2D eigenvalue weighted by Crippen LogP contribution is 2.33. The summed E-state index contributed by atoms with van der Waals surface area (Å²) in [4.78, 5) is 47.0. The predicted octanol–water partition coefficient (Wildman–Crippen LogP) is 1.25. The van der Waals surface area contributed by atoms with Gasteiger partial charge in [-0.3, -0.25) is 24.5 Å². The van der Waals surface area contributed by atoms with Crippen molar-refractivity contribution in [2.75, 3.05) is 13.2 Å². The van der Waals surface area contributed by atoms with Crippen molar-refractivity contribution in [2.45, 2.75) is 25.7 Å². The van der Waals surface area contributed by atoms with Crippen LogP contribution in [-0.4, -0.2) is 36.8 Å². The first-order valence-electron chi connectivity index (χ1n) is 8.28. The molecule has 1 aliphatic rings. The Kier molecular flexibility index (Phi) is 5.01. The Morgan fingerprint density at radius 1 is 1.35 bits per heavy atom. The molecular formula is C18H18N2O6. The first-order valence-corrected chi connectivity index (χ1v) is 8.28. The van der Waals surface area contributed by atoms with Crippen molar-refractivity contribution in [3.63, 3.8) is 0 Å². The van der Waals surface area contributed by atoms with Gasteiger partial charge < -0.3 is 14.5 Å². The summed E-state index contributed by atoms with van der Waals surface area (Å²) in [7, 11) is 0. The number of hydrogen-bond donors (Lipinski definition) is 2. The summed E-state index contributed by atoms with van der Waals surface area (Å²) in [6, 6.07) is 4.81. The third-order valence-corrected chi connectivity index (χ3v) is 4.18. The van der Waals surface area contributed by atoms with E-state index in [9.17, 15) is 19.2 Å². The minimum absolute atomic E-state index is 0.226. The molecular weight excluding hydrogens is 340 g/mol. The maximum atomic E-state index is 12.2. The first-order chi connectivity index (χ1) is 12.5. The number of fused-ring (bicyclic) bond motifs is 1. The van der Waals surface area contributed by atoms with Crippen molar-refractivity contribution < 1.29 is 28.3 Å². The van der Waals surface area contributed by atoms with Gasteiger partial charge in [-0.25, -0.2) is 0 Å². The number of nitrogens with one attached hydrogen (secondary N) is 2. The van der Waals surface area contributed by atoms with E-state index in [2.05, 4.69) is 10.6 Å². The van der Waals surface area contributed by atoms with E-state index >= 15 is 0 Å². The van der Waals surface area contributed by atoms with Crippen molar-refractivity contribution >= 4 is 34.7 Å². The van der Waals surface area contributed by atoms with Gasteiger partial charge in [0.1, 0.15) is 12.1 Å². The molecule has 2 heterocycles. The van der Waals surface area contributed by atoms with Crippen molar-refractivity contribution in [3.05, 3.63) is 35.6 Å². The fraction of sp³-hybridized carbons (Fsp3) is 0.333. The summed E-state index contributed by atoms with van der Waals surface area (Å²) in [5, 5.41) is 5.43. The van der Waals surface area contributed by atoms with Crippen LogP contribution in [0.5, 0.6) is 0 Å². The molecule has 1 saturated heterocycles. The largest absolute Gasteiger partial charge is 0.465 e. The Bertz CT molecular complexity index is 885. The van der Waals surface area contributed by atoms with E-state index in [1.54, 1.807) is 25.1 Å². The molecule has 8 nitrogen and oxygen atoms in total. The SMILES string of the molecule is CCOC(=O)CNC(=O)c1ccc2occ(C3CCC(=O)NC3=O)c2c1. The first kappa shape index (κ1) is 17.7. The number of hydrogen-bond acceptors (Lipinski definition) is 6. The standard InChI is InChI=1S/C18H18N2O6/c1-2-25-16(22)8-19-17(23)10-3-5-14-12(7-10)13(9-26-14)11-4-6-15(21)20-18(11)24/h3,5,7,9,11H,2,4,6,8H2,1H3,(H,19,23)(H,20,21,24). The van der Waals surface area contributed by atoms with Gasteiger partial charge in [0.2, 0.25) is 11.8 Å². The van der Waals surface area contributed by atoms with Gasteiger partial charge in [-0.15, -0.1) is 0 Å². The third kappa shape index (κ3) is 3.58. The van der Waals surface area contributed by atoms with Crippen molar-refractivity contribution in [2.24, 2.45) is 0 Å². The predicted molar refractivity (Wildman–Crippen MR) is 90.3 cm³/mol. The van der Waals surface area contributed by atoms with Crippen LogP contribution in [0.25, 0.3) is 11.0 Å². The van der Waals surface area contributed by atoms with Gasteiger partial charge in [-0.2, -0.15) is 0 Å². The van der Waals surface area contributed by atoms with Crippen molar-refractivity contribution in [1.29, 1.82) is 0 Å². The van der Waals surface area contributed by atoms with E-state index in [-0.39, 0.29) is 31.4 Å². The molecule has 1 aromatic heterocycles. The molecule has 1 aliphatic heterocycles. The van der Waals surface area contributed by atoms with E-state index in [4.69, 9.17) is 9.15 Å².